The minimum atomic E-state index is -0.823. The van der Waals surface area contributed by atoms with E-state index in [0.29, 0.717) is 24.1 Å². The van der Waals surface area contributed by atoms with Gasteiger partial charge < -0.3 is 15.2 Å². The summed E-state index contributed by atoms with van der Waals surface area (Å²) in [5, 5.41) is 12.5. The lowest BCUT2D eigenvalue weighted by Gasteiger charge is -2.28. The SMILES string of the molecule is CCOc1cc(NC(C(=O)O)C2CCCCC2)nc(C)n1. The van der Waals surface area contributed by atoms with Gasteiger partial charge in [0.2, 0.25) is 5.88 Å². The number of aryl methyl sites for hydroxylation is 1. The minimum absolute atomic E-state index is 0.155. The van der Waals surface area contributed by atoms with Crippen LogP contribution in [0.3, 0.4) is 0 Å². The number of carboxylic acid groups (broad SMARTS) is 1. The molecule has 1 atom stereocenters. The van der Waals surface area contributed by atoms with Crippen LogP contribution in [0.2, 0.25) is 0 Å². The summed E-state index contributed by atoms with van der Waals surface area (Å²) in [4.78, 5) is 20.0. The summed E-state index contributed by atoms with van der Waals surface area (Å²) >= 11 is 0. The van der Waals surface area contributed by atoms with Crippen molar-refractivity contribution in [2.75, 3.05) is 11.9 Å². The third-order valence-electron chi connectivity index (χ3n) is 3.80. The Morgan fingerprint density at radius 1 is 1.43 bits per heavy atom. The molecule has 1 aromatic heterocycles. The van der Waals surface area contributed by atoms with Gasteiger partial charge in [-0.2, -0.15) is 4.98 Å². The highest BCUT2D eigenvalue weighted by Crippen LogP contribution is 2.28. The van der Waals surface area contributed by atoms with E-state index in [0.717, 1.165) is 25.7 Å². The van der Waals surface area contributed by atoms with Crippen LogP contribution in [0.1, 0.15) is 44.9 Å². The largest absolute Gasteiger partial charge is 0.480 e. The van der Waals surface area contributed by atoms with E-state index in [4.69, 9.17) is 4.74 Å². The first-order valence-electron chi connectivity index (χ1n) is 7.58. The van der Waals surface area contributed by atoms with E-state index in [-0.39, 0.29) is 5.92 Å². The molecule has 2 N–H and O–H groups in total. The lowest BCUT2D eigenvalue weighted by molar-refractivity contribution is -0.139. The third-order valence-corrected chi connectivity index (χ3v) is 3.80. The van der Waals surface area contributed by atoms with Gasteiger partial charge in [0.1, 0.15) is 17.7 Å². The summed E-state index contributed by atoms with van der Waals surface area (Å²) in [5.74, 6) is 0.888. The van der Waals surface area contributed by atoms with Gasteiger partial charge in [-0.05, 0) is 32.6 Å². The average Bonchev–Trinajstić information content (AvgIpc) is 2.45. The topological polar surface area (TPSA) is 84.3 Å². The van der Waals surface area contributed by atoms with Crippen LogP contribution in [0.5, 0.6) is 5.88 Å². The number of ether oxygens (including phenoxy) is 1. The summed E-state index contributed by atoms with van der Waals surface area (Å²) < 4.78 is 5.38. The Balaban J connectivity index is 2.14. The van der Waals surface area contributed by atoms with Crippen molar-refractivity contribution in [3.8, 4) is 5.88 Å². The van der Waals surface area contributed by atoms with Crippen molar-refractivity contribution in [3.63, 3.8) is 0 Å². The molecular formula is C15H23N3O3. The van der Waals surface area contributed by atoms with E-state index < -0.39 is 12.0 Å². The molecule has 2 rings (SSSR count). The van der Waals surface area contributed by atoms with Crippen LogP contribution >= 0.6 is 0 Å². The molecule has 6 heteroatoms. The van der Waals surface area contributed by atoms with Gasteiger partial charge in [-0.15, -0.1) is 0 Å². The Labute approximate surface area is 124 Å². The van der Waals surface area contributed by atoms with Crippen LogP contribution in [0.4, 0.5) is 5.82 Å². The monoisotopic (exact) mass is 293 g/mol. The number of aliphatic carboxylic acids is 1. The lowest BCUT2D eigenvalue weighted by atomic mass is 9.84. The minimum Gasteiger partial charge on any atom is -0.480 e. The molecule has 1 unspecified atom stereocenters. The number of nitrogens with zero attached hydrogens (tertiary/aromatic N) is 2. The second-order valence-electron chi connectivity index (χ2n) is 5.43. The quantitative estimate of drug-likeness (QED) is 0.838. The van der Waals surface area contributed by atoms with Crippen LogP contribution in [0, 0.1) is 12.8 Å². The molecule has 0 amide bonds. The number of carboxylic acids is 1. The number of hydrogen-bond acceptors (Lipinski definition) is 5. The summed E-state index contributed by atoms with van der Waals surface area (Å²) in [6.07, 6.45) is 5.30. The fourth-order valence-electron chi connectivity index (χ4n) is 2.84. The Morgan fingerprint density at radius 2 is 2.14 bits per heavy atom. The molecule has 0 radical (unpaired) electrons. The van der Waals surface area contributed by atoms with Gasteiger partial charge >= 0.3 is 5.97 Å². The molecule has 0 bridgehead atoms. The molecule has 0 aromatic carbocycles. The van der Waals surface area contributed by atoms with Crippen molar-refractivity contribution >= 4 is 11.8 Å². The van der Waals surface area contributed by atoms with E-state index in [9.17, 15) is 9.90 Å². The van der Waals surface area contributed by atoms with Crippen LogP contribution in [0.15, 0.2) is 6.07 Å². The zero-order valence-corrected chi connectivity index (χ0v) is 12.6. The van der Waals surface area contributed by atoms with E-state index in [2.05, 4.69) is 15.3 Å². The Hall–Kier alpha value is -1.85. The number of hydrogen-bond donors (Lipinski definition) is 2. The van der Waals surface area contributed by atoms with Crippen molar-refractivity contribution in [2.24, 2.45) is 5.92 Å². The summed E-state index contributed by atoms with van der Waals surface area (Å²) in [7, 11) is 0. The number of rotatable bonds is 6. The van der Waals surface area contributed by atoms with E-state index >= 15 is 0 Å². The molecule has 1 heterocycles. The molecule has 1 aliphatic carbocycles. The van der Waals surface area contributed by atoms with E-state index in [1.807, 2.05) is 6.92 Å². The molecule has 1 aliphatic rings. The van der Waals surface area contributed by atoms with Crippen LogP contribution < -0.4 is 10.1 Å². The fraction of sp³-hybridized carbons (Fsp3) is 0.667. The second-order valence-corrected chi connectivity index (χ2v) is 5.43. The molecule has 1 fully saturated rings. The first kappa shape index (κ1) is 15.5. The van der Waals surface area contributed by atoms with Crippen molar-refractivity contribution in [1.29, 1.82) is 0 Å². The molecule has 0 saturated heterocycles. The van der Waals surface area contributed by atoms with E-state index in [1.54, 1.807) is 13.0 Å². The smallest absolute Gasteiger partial charge is 0.326 e. The van der Waals surface area contributed by atoms with Crippen molar-refractivity contribution in [3.05, 3.63) is 11.9 Å². The van der Waals surface area contributed by atoms with Gasteiger partial charge in [0, 0.05) is 6.07 Å². The van der Waals surface area contributed by atoms with E-state index in [1.165, 1.54) is 6.42 Å². The van der Waals surface area contributed by atoms with Gasteiger partial charge in [-0.1, -0.05) is 19.3 Å². The van der Waals surface area contributed by atoms with Crippen LogP contribution in [0.25, 0.3) is 0 Å². The molecule has 21 heavy (non-hydrogen) atoms. The van der Waals surface area contributed by atoms with Gasteiger partial charge in [0.25, 0.3) is 0 Å². The van der Waals surface area contributed by atoms with Crippen molar-refractivity contribution in [1.82, 2.24) is 9.97 Å². The maximum Gasteiger partial charge on any atom is 0.326 e. The number of aromatic nitrogens is 2. The first-order chi connectivity index (χ1) is 10.1. The number of carbonyl (C=O) groups is 1. The Kier molecular flexibility index (Phi) is 5.36. The average molecular weight is 293 g/mol. The molecular weight excluding hydrogens is 270 g/mol. The predicted molar refractivity (Wildman–Crippen MR) is 79.6 cm³/mol. The molecule has 1 saturated carbocycles. The zero-order chi connectivity index (χ0) is 15.2. The molecule has 116 valence electrons. The number of anilines is 1. The highest BCUT2D eigenvalue weighted by Gasteiger charge is 2.29. The standard InChI is InChI=1S/C15H23N3O3/c1-3-21-13-9-12(16-10(2)17-13)18-14(15(19)20)11-7-5-4-6-8-11/h9,11,14H,3-8H2,1-2H3,(H,19,20)(H,16,17,18). The van der Waals surface area contributed by atoms with Gasteiger partial charge in [-0.3, -0.25) is 0 Å². The first-order valence-corrected chi connectivity index (χ1v) is 7.58. The van der Waals surface area contributed by atoms with Crippen LogP contribution in [-0.2, 0) is 4.79 Å². The maximum absolute atomic E-state index is 11.6. The number of nitrogens with one attached hydrogen (secondary N) is 1. The lowest BCUT2D eigenvalue weighted by Crippen LogP contribution is -2.38. The third kappa shape index (κ3) is 4.31. The zero-order valence-electron chi connectivity index (χ0n) is 12.6. The van der Waals surface area contributed by atoms with Crippen LogP contribution in [-0.4, -0.2) is 33.7 Å². The van der Waals surface area contributed by atoms with Crippen molar-refractivity contribution < 1.29 is 14.6 Å². The van der Waals surface area contributed by atoms with Gasteiger partial charge in [0.05, 0.1) is 6.61 Å². The normalized spacial score (nSPS) is 17.2. The maximum atomic E-state index is 11.6. The Bertz CT molecular complexity index is 487. The summed E-state index contributed by atoms with van der Waals surface area (Å²) in [5.41, 5.74) is 0. The van der Waals surface area contributed by atoms with Crippen molar-refractivity contribution in [2.45, 2.75) is 52.0 Å². The second kappa shape index (κ2) is 7.24. The highest BCUT2D eigenvalue weighted by molar-refractivity contribution is 5.77. The van der Waals surface area contributed by atoms with Gasteiger partial charge in [0.15, 0.2) is 0 Å². The Morgan fingerprint density at radius 3 is 2.76 bits per heavy atom. The summed E-state index contributed by atoms with van der Waals surface area (Å²) in [6.45, 7) is 4.16. The summed E-state index contributed by atoms with van der Waals surface area (Å²) in [6, 6.07) is 1.06. The molecule has 6 nitrogen and oxygen atoms in total. The molecule has 0 spiro atoms. The van der Waals surface area contributed by atoms with Gasteiger partial charge in [-0.25, -0.2) is 9.78 Å². The highest BCUT2D eigenvalue weighted by atomic mass is 16.5. The fourth-order valence-corrected chi connectivity index (χ4v) is 2.84. The molecule has 0 aliphatic heterocycles. The molecule has 1 aromatic rings. The predicted octanol–water partition coefficient (Wildman–Crippen LogP) is 2.63.